The maximum atomic E-state index is 5.41. The van der Waals surface area contributed by atoms with Gasteiger partial charge in [0.05, 0.1) is 6.04 Å². The van der Waals surface area contributed by atoms with E-state index >= 15 is 0 Å². The van der Waals surface area contributed by atoms with Crippen LogP contribution in [-0.4, -0.2) is 35.7 Å². The summed E-state index contributed by atoms with van der Waals surface area (Å²) in [6.07, 6.45) is 4.56. The third-order valence-electron chi connectivity index (χ3n) is 3.47. The van der Waals surface area contributed by atoms with Gasteiger partial charge in [-0.1, -0.05) is 18.7 Å². The van der Waals surface area contributed by atoms with Crippen molar-refractivity contribution in [2.45, 2.75) is 51.1 Å². The molecule has 2 rings (SSSR count). The lowest BCUT2D eigenvalue weighted by Gasteiger charge is -2.36. The van der Waals surface area contributed by atoms with Crippen LogP contribution in [0.15, 0.2) is 4.99 Å². The van der Waals surface area contributed by atoms with Gasteiger partial charge in [0.1, 0.15) is 0 Å². The van der Waals surface area contributed by atoms with Gasteiger partial charge in [0.15, 0.2) is 5.17 Å². The first kappa shape index (κ1) is 12.2. The van der Waals surface area contributed by atoms with E-state index < -0.39 is 0 Å². The Hall–Kier alpha value is -0.220. The molecule has 0 aromatic carbocycles. The summed E-state index contributed by atoms with van der Waals surface area (Å²) in [5, 5.41) is 4.79. The Kier molecular flexibility index (Phi) is 4.14. The number of hydrogen-bond acceptors (Lipinski definition) is 4. The Balaban J connectivity index is 1.94. The second-order valence-electron chi connectivity index (χ2n) is 4.93. The zero-order chi connectivity index (χ0) is 11.4. The van der Waals surface area contributed by atoms with Crippen LogP contribution in [0.25, 0.3) is 0 Å². The van der Waals surface area contributed by atoms with E-state index in [1.54, 1.807) is 0 Å². The minimum atomic E-state index is 0.194. The molecule has 92 valence electrons. The van der Waals surface area contributed by atoms with Gasteiger partial charge >= 0.3 is 0 Å². The van der Waals surface area contributed by atoms with Crippen molar-refractivity contribution in [2.24, 2.45) is 4.99 Å². The van der Waals surface area contributed by atoms with Crippen LogP contribution < -0.4 is 5.32 Å². The molecule has 2 aliphatic rings. The van der Waals surface area contributed by atoms with Crippen molar-refractivity contribution in [1.29, 1.82) is 0 Å². The molecule has 4 heteroatoms. The summed E-state index contributed by atoms with van der Waals surface area (Å²) in [5.74, 6) is 1.21. The zero-order valence-electron chi connectivity index (χ0n) is 10.3. The van der Waals surface area contributed by atoms with Crippen molar-refractivity contribution < 1.29 is 4.74 Å². The number of rotatable bonds is 2. The predicted molar refractivity (Wildman–Crippen MR) is 70.2 cm³/mol. The smallest absolute Gasteiger partial charge is 0.157 e. The molecule has 0 aromatic rings. The fourth-order valence-corrected chi connectivity index (χ4v) is 3.25. The Labute approximate surface area is 102 Å². The monoisotopic (exact) mass is 242 g/mol. The SMILES string of the molecule is CCC1CCSC(NC2(C)CCOCC2)=N1. The molecule has 16 heavy (non-hydrogen) atoms. The summed E-state index contributed by atoms with van der Waals surface area (Å²) in [4.78, 5) is 4.77. The first-order chi connectivity index (χ1) is 7.72. The van der Waals surface area contributed by atoms with Crippen molar-refractivity contribution in [2.75, 3.05) is 19.0 Å². The van der Waals surface area contributed by atoms with Gasteiger partial charge < -0.3 is 10.1 Å². The third kappa shape index (κ3) is 3.14. The van der Waals surface area contributed by atoms with Gasteiger partial charge in [-0.3, -0.25) is 4.99 Å². The fourth-order valence-electron chi connectivity index (χ4n) is 2.13. The maximum absolute atomic E-state index is 5.41. The highest BCUT2D eigenvalue weighted by atomic mass is 32.2. The molecule has 1 fully saturated rings. The summed E-state index contributed by atoms with van der Waals surface area (Å²) in [6.45, 7) is 6.25. The molecule has 0 aliphatic carbocycles. The van der Waals surface area contributed by atoms with Gasteiger partial charge in [0, 0.05) is 24.5 Å². The molecular weight excluding hydrogens is 220 g/mol. The number of aliphatic imine (C=N–C) groups is 1. The predicted octanol–water partition coefficient (Wildman–Crippen LogP) is 2.42. The second kappa shape index (κ2) is 5.41. The molecule has 0 aromatic heterocycles. The Morgan fingerprint density at radius 1 is 1.50 bits per heavy atom. The number of nitrogens with one attached hydrogen (secondary N) is 1. The summed E-state index contributed by atoms with van der Waals surface area (Å²) in [5.41, 5.74) is 0.194. The quantitative estimate of drug-likeness (QED) is 0.807. The molecule has 2 aliphatic heterocycles. The molecule has 0 amide bonds. The Morgan fingerprint density at radius 2 is 2.25 bits per heavy atom. The summed E-state index contributed by atoms with van der Waals surface area (Å²) in [6, 6.07) is 0.534. The highest BCUT2D eigenvalue weighted by molar-refractivity contribution is 8.13. The first-order valence-corrected chi connectivity index (χ1v) is 7.27. The second-order valence-corrected chi connectivity index (χ2v) is 6.02. The van der Waals surface area contributed by atoms with Crippen LogP contribution in [0.1, 0.15) is 39.5 Å². The average Bonchev–Trinajstić information content (AvgIpc) is 2.29. The van der Waals surface area contributed by atoms with E-state index in [1.165, 1.54) is 12.2 Å². The van der Waals surface area contributed by atoms with Gasteiger partial charge in [0.25, 0.3) is 0 Å². The van der Waals surface area contributed by atoms with Crippen molar-refractivity contribution in [3.63, 3.8) is 0 Å². The minimum Gasteiger partial charge on any atom is -0.381 e. The summed E-state index contributed by atoms with van der Waals surface area (Å²) in [7, 11) is 0. The van der Waals surface area contributed by atoms with Crippen LogP contribution >= 0.6 is 11.8 Å². The molecule has 1 N–H and O–H groups in total. The number of nitrogens with zero attached hydrogens (tertiary/aromatic N) is 1. The largest absolute Gasteiger partial charge is 0.381 e. The van der Waals surface area contributed by atoms with Crippen LogP contribution in [0.4, 0.5) is 0 Å². The first-order valence-electron chi connectivity index (χ1n) is 6.28. The lowest BCUT2D eigenvalue weighted by atomic mass is 9.93. The van der Waals surface area contributed by atoms with Gasteiger partial charge in [-0.15, -0.1) is 0 Å². The van der Waals surface area contributed by atoms with Crippen LogP contribution in [0.5, 0.6) is 0 Å². The van der Waals surface area contributed by atoms with E-state index in [1.807, 2.05) is 11.8 Å². The molecule has 0 bridgehead atoms. The standard InChI is InChI=1S/C12H22N2OS/c1-3-10-4-9-16-11(13-10)14-12(2)5-7-15-8-6-12/h10H,3-9H2,1-2H3,(H,13,14). The number of thioether (sulfide) groups is 1. The Bertz CT molecular complexity index is 262. The molecule has 1 unspecified atom stereocenters. The Morgan fingerprint density at radius 3 is 2.94 bits per heavy atom. The summed E-state index contributed by atoms with van der Waals surface area (Å²) < 4.78 is 5.41. The van der Waals surface area contributed by atoms with Crippen LogP contribution in [-0.2, 0) is 4.74 Å². The van der Waals surface area contributed by atoms with Crippen molar-refractivity contribution >= 4 is 16.9 Å². The molecular formula is C12H22N2OS. The van der Waals surface area contributed by atoms with Gasteiger partial charge in [-0.25, -0.2) is 0 Å². The van der Waals surface area contributed by atoms with Gasteiger partial charge in [-0.2, -0.15) is 0 Å². The number of hydrogen-bond donors (Lipinski definition) is 1. The van der Waals surface area contributed by atoms with E-state index in [2.05, 4.69) is 19.2 Å². The average molecular weight is 242 g/mol. The molecule has 0 spiro atoms. The fraction of sp³-hybridized carbons (Fsp3) is 0.917. The van der Waals surface area contributed by atoms with Crippen molar-refractivity contribution in [3.8, 4) is 0 Å². The normalized spacial score (nSPS) is 29.6. The maximum Gasteiger partial charge on any atom is 0.157 e. The molecule has 3 nitrogen and oxygen atoms in total. The van der Waals surface area contributed by atoms with E-state index in [0.29, 0.717) is 6.04 Å². The third-order valence-corrected chi connectivity index (χ3v) is 4.39. The molecule has 0 saturated carbocycles. The number of amidine groups is 1. The van der Waals surface area contributed by atoms with Crippen molar-refractivity contribution in [1.82, 2.24) is 5.32 Å². The van der Waals surface area contributed by atoms with E-state index in [-0.39, 0.29) is 5.54 Å². The topological polar surface area (TPSA) is 33.6 Å². The van der Waals surface area contributed by atoms with Crippen LogP contribution in [0.2, 0.25) is 0 Å². The van der Waals surface area contributed by atoms with E-state index in [4.69, 9.17) is 9.73 Å². The zero-order valence-corrected chi connectivity index (χ0v) is 11.1. The van der Waals surface area contributed by atoms with Crippen molar-refractivity contribution in [3.05, 3.63) is 0 Å². The molecule has 0 radical (unpaired) electrons. The van der Waals surface area contributed by atoms with Gasteiger partial charge in [0.2, 0.25) is 0 Å². The van der Waals surface area contributed by atoms with Gasteiger partial charge in [-0.05, 0) is 32.6 Å². The van der Waals surface area contributed by atoms with E-state index in [9.17, 15) is 0 Å². The van der Waals surface area contributed by atoms with Crippen LogP contribution in [0, 0.1) is 0 Å². The lowest BCUT2D eigenvalue weighted by molar-refractivity contribution is 0.0527. The number of ether oxygens (including phenoxy) is 1. The minimum absolute atomic E-state index is 0.194. The molecule has 1 atom stereocenters. The summed E-state index contributed by atoms with van der Waals surface area (Å²) >= 11 is 1.87. The molecule has 2 heterocycles. The molecule has 1 saturated heterocycles. The van der Waals surface area contributed by atoms with E-state index in [0.717, 1.165) is 37.6 Å². The highest BCUT2D eigenvalue weighted by Crippen LogP contribution is 2.24. The van der Waals surface area contributed by atoms with Crippen LogP contribution in [0.3, 0.4) is 0 Å². The lowest BCUT2D eigenvalue weighted by Crippen LogP contribution is -2.49. The highest BCUT2D eigenvalue weighted by Gasteiger charge is 2.29.